The smallest absolute Gasteiger partial charge is 0.185 e. The van der Waals surface area contributed by atoms with Gasteiger partial charge in [0.15, 0.2) is 5.90 Å². The van der Waals surface area contributed by atoms with Gasteiger partial charge in [-0.05, 0) is 13.0 Å². The van der Waals surface area contributed by atoms with Crippen LogP contribution in [0.5, 0.6) is 0 Å². The van der Waals surface area contributed by atoms with Gasteiger partial charge in [-0.3, -0.25) is 0 Å². The molecule has 13 heavy (non-hydrogen) atoms. The molecule has 1 aromatic rings. The molecule has 3 heteroatoms. The first-order valence-electron chi connectivity index (χ1n) is 4.08. The second-order valence-corrected chi connectivity index (χ2v) is 2.95. The largest absolute Gasteiger partial charge is 0.473 e. The summed E-state index contributed by atoms with van der Waals surface area (Å²) in [5.41, 5.74) is 2.21. The number of nitrogens with zero attached hydrogens (tertiary/aromatic N) is 1. The van der Waals surface area contributed by atoms with E-state index in [0.717, 1.165) is 11.6 Å². The summed E-state index contributed by atoms with van der Waals surface area (Å²) in [7, 11) is 0. The number of halogens is 1. The monoisotopic (exact) mass is 289 g/mol. The quantitative estimate of drug-likeness (QED) is 0.670. The third kappa shape index (κ3) is 2.02. The van der Waals surface area contributed by atoms with Gasteiger partial charge < -0.3 is 4.74 Å². The van der Waals surface area contributed by atoms with E-state index in [1.807, 2.05) is 32.0 Å². The van der Waals surface area contributed by atoms with E-state index in [9.17, 15) is 0 Å². The highest BCUT2D eigenvalue weighted by molar-refractivity contribution is 14.0. The normalized spacial score (nSPS) is 19.2. The molecule has 0 saturated carbocycles. The van der Waals surface area contributed by atoms with Crippen molar-refractivity contribution >= 4 is 35.6 Å². The maximum atomic E-state index is 5.46. The molecule has 0 fully saturated rings. The molecule has 1 aromatic carbocycles. The number of rotatable bonds is 0. The Morgan fingerprint density at radius 3 is 2.77 bits per heavy atom. The zero-order chi connectivity index (χ0) is 8.55. The van der Waals surface area contributed by atoms with Crippen LogP contribution in [0.4, 0.5) is 5.69 Å². The first-order valence-corrected chi connectivity index (χ1v) is 4.08. The van der Waals surface area contributed by atoms with Gasteiger partial charge in [0.1, 0.15) is 6.10 Å². The van der Waals surface area contributed by atoms with E-state index < -0.39 is 0 Å². The highest BCUT2D eigenvalue weighted by Crippen LogP contribution is 2.31. The summed E-state index contributed by atoms with van der Waals surface area (Å²) in [6.07, 6.45) is 0.138. The fourth-order valence-electron chi connectivity index (χ4n) is 1.45. The van der Waals surface area contributed by atoms with Crippen molar-refractivity contribution in [3.8, 4) is 0 Å². The number of fused-ring (bicyclic) bond motifs is 1. The van der Waals surface area contributed by atoms with Gasteiger partial charge in [0.25, 0.3) is 0 Å². The lowest BCUT2D eigenvalue weighted by molar-refractivity contribution is 0.206. The van der Waals surface area contributed by atoms with E-state index in [2.05, 4.69) is 11.1 Å². The van der Waals surface area contributed by atoms with Crippen molar-refractivity contribution in [3.63, 3.8) is 0 Å². The molecule has 1 heterocycles. The number of ether oxygens (including phenoxy) is 1. The Labute approximate surface area is 95.0 Å². The zero-order valence-corrected chi connectivity index (χ0v) is 9.98. The summed E-state index contributed by atoms with van der Waals surface area (Å²) in [5, 5.41) is 0. The van der Waals surface area contributed by atoms with Crippen molar-refractivity contribution in [2.24, 2.45) is 4.99 Å². The number of benzene rings is 1. The Kier molecular flexibility index (Phi) is 3.30. The number of para-hydroxylation sites is 1. The van der Waals surface area contributed by atoms with Crippen molar-refractivity contribution in [1.82, 2.24) is 0 Å². The summed E-state index contributed by atoms with van der Waals surface area (Å²) >= 11 is 0. The molecule has 0 bridgehead atoms. The van der Waals surface area contributed by atoms with E-state index in [-0.39, 0.29) is 30.1 Å². The van der Waals surface area contributed by atoms with E-state index in [1.54, 1.807) is 0 Å². The fraction of sp³-hybridized carbons (Fsp3) is 0.300. The van der Waals surface area contributed by atoms with E-state index in [0.29, 0.717) is 0 Å². The van der Waals surface area contributed by atoms with Crippen LogP contribution in [0.1, 0.15) is 25.5 Å². The number of aliphatic imine (C=N–C) groups is 1. The Morgan fingerprint density at radius 2 is 2.00 bits per heavy atom. The van der Waals surface area contributed by atoms with Gasteiger partial charge in [0, 0.05) is 12.5 Å². The molecule has 0 N–H and O–H groups in total. The van der Waals surface area contributed by atoms with Crippen LogP contribution in [-0.2, 0) is 4.74 Å². The maximum absolute atomic E-state index is 5.46. The highest BCUT2D eigenvalue weighted by atomic mass is 127. The first-order chi connectivity index (χ1) is 5.77. The average molecular weight is 289 g/mol. The van der Waals surface area contributed by atoms with Crippen LogP contribution >= 0.6 is 24.0 Å². The van der Waals surface area contributed by atoms with Gasteiger partial charge >= 0.3 is 0 Å². The minimum atomic E-state index is 0. The predicted molar refractivity (Wildman–Crippen MR) is 64.1 cm³/mol. The van der Waals surface area contributed by atoms with Crippen LogP contribution in [0.3, 0.4) is 0 Å². The second-order valence-electron chi connectivity index (χ2n) is 2.95. The van der Waals surface area contributed by atoms with Gasteiger partial charge in [-0.1, -0.05) is 18.2 Å². The minimum absolute atomic E-state index is 0. The van der Waals surface area contributed by atoms with E-state index in [4.69, 9.17) is 4.74 Å². The van der Waals surface area contributed by atoms with Crippen LogP contribution < -0.4 is 0 Å². The highest BCUT2D eigenvalue weighted by Gasteiger charge is 2.16. The molecule has 2 nitrogen and oxygen atoms in total. The Hall–Kier alpha value is -0.580. The minimum Gasteiger partial charge on any atom is -0.473 e. The third-order valence-electron chi connectivity index (χ3n) is 2.00. The molecule has 1 atom stereocenters. The van der Waals surface area contributed by atoms with Crippen LogP contribution in [0, 0.1) is 0 Å². The van der Waals surface area contributed by atoms with Gasteiger partial charge in [-0.2, -0.15) is 0 Å². The standard InChI is InChI=1S/C10H11NO.HI/c1-7-9-5-3-4-6-10(9)11-8(2)12-7;/h3-7H,1-2H3;1H. The average Bonchev–Trinajstić information content (AvgIpc) is 2.04. The van der Waals surface area contributed by atoms with Gasteiger partial charge in [0.05, 0.1) is 5.69 Å². The maximum Gasteiger partial charge on any atom is 0.185 e. The lowest BCUT2D eigenvalue weighted by Gasteiger charge is -2.20. The predicted octanol–water partition coefficient (Wildman–Crippen LogP) is 3.45. The third-order valence-corrected chi connectivity index (χ3v) is 2.00. The van der Waals surface area contributed by atoms with E-state index >= 15 is 0 Å². The summed E-state index contributed by atoms with van der Waals surface area (Å²) in [5.74, 6) is 0.751. The number of hydrogen-bond donors (Lipinski definition) is 0. The topological polar surface area (TPSA) is 21.6 Å². The van der Waals surface area contributed by atoms with E-state index in [1.165, 1.54) is 5.56 Å². The fourth-order valence-corrected chi connectivity index (χ4v) is 1.45. The zero-order valence-electron chi connectivity index (χ0n) is 7.65. The molecule has 0 radical (unpaired) electrons. The van der Waals surface area contributed by atoms with Gasteiger partial charge in [-0.15, -0.1) is 24.0 Å². The van der Waals surface area contributed by atoms with Crippen molar-refractivity contribution in [1.29, 1.82) is 0 Å². The van der Waals surface area contributed by atoms with Gasteiger partial charge in [-0.25, -0.2) is 4.99 Å². The molecule has 70 valence electrons. The summed E-state index contributed by atoms with van der Waals surface area (Å²) in [6, 6.07) is 8.07. The van der Waals surface area contributed by atoms with Crippen molar-refractivity contribution < 1.29 is 4.74 Å². The molecule has 2 rings (SSSR count). The summed E-state index contributed by atoms with van der Waals surface area (Å²) < 4.78 is 5.46. The molecule has 1 aliphatic heterocycles. The van der Waals surface area contributed by atoms with Crippen LogP contribution in [0.25, 0.3) is 0 Å². The molecular formula is C10H12INO. The molecule has 0 amide bonds. The Balaban J connectivity index is 0.000000845. The molecule has 0 aliphatic carbocycles. The van der Waals surface area contributed by atoms with Gasteiger partial charge in [0.2, 0.25) is 0 Å². The molecule has 0 aromatic heterocycles. The molecule has 0 spiro atoms. The SMILES string of the molecule is CC1=Nc2ccccc2C(C)O1.I. The van der Waals surface area contributed by atoms with Crippen LogP contribution in [0.2, 0.25) is 0 Å². The van der Waals surface area contributed by atoms with Crippen molar-refractivity contribution in [3.05, 3.63) is 29.8 Å². The number of hydrogen-bond acceptors (Lipinski definition) is 2. The lowest BCUT2D eigenvalue weighted by Crippen LogP contribution is -2.09. The molecular weight excluding hydrogens is 277 g/mol. The van der Waals surface area contributed by atoms with Crippen LogP contribution in [0.15, 0.2) is 29.3 Å². The van der Waals surface area contributed by atoms with Crippen molar-refractivity contribution in [2.45, 2.75) is 20.0 Å². The second kappa shape index (κ2) is 4.09. The Bertz CT molecular complexity index is 335. The molecule has 0 saturated heterocycles. The van der Waals surface area contributed by atoms with Crippen molar-refractivity contribution in [2.75, 3.05) is 0 Å². The van der Waals surface area contributed by atoms with Crippen LogP contribution in [-0.4, -0.2) is 5.90 Å². The first kappa shape index (κ1) is 10.5. The summed E-state index contributed by atoms with van der Waals surface area (Å²) in [4.78, 5) is 4.29. The molecule has 1 aliphatic rings. The Morgan fingerprint density at radius 1 is 1.31 bits per heavy atom. The molecule has 1 unspecified atom stereocenters. The lowest BCUT2D eigenvalue weighted by atomic mass is 10.1. The summed E-state index contributed by atoms with van der Waals surface area (Å²) in [6.45, 7) is 3.92.